The molecule has 0 aromatic heterocycles. The summed E-state index contributed by atoms with van der Waals surface area (Å²) < 4.78 is 11.5. The lowest BCUT2D eigenvalue weighted by molar-refractivity contribution is -0.192. The molecule has 3 aliphatic heterocycles. The van der Waals surface area contributed by atoms with Crippen LogP contribution in [0.1, 0.15) is 52.4 Å². The molecule has 0 spiro atoms. The average molecular weight is 236 g/mol. The Morgan fingerprint density at radius 3 is 2.12 bits per heavy atom. The van der Waals surface area contributed by atoms with E-state index in [-0.39, 0.29) is 0 Å². The Balaban J connectivity index is 1.46. The lowest BCUT2D eigenvalue weighted by Crippen LogP contribution is -2.50. The van der Waals surface area contributed by atoms with E-state index in [2.05, 4.69) is 13.8 Å². The largest absolute Gasteiger partial charge is 0.375 e. The van der Waals surface area contributed by atoms with E-state index >= 15 is 0 Å². The van der Waals surface area contributed by atoms with E-state index in [0.29, 0.717) is 29.8 Å². The number of epoxide rings is 1. The van der Waals surface area contributed by atoms with E-state index in [1.165, 1.54) is 38.5 Å². The summed E-state index contributed by atoms with van der Waals surface area (Å²) in [5, 5.41) is 0. The molecule has 5 unspecified atom stereocenters. The van der Waals surface area contributed by atoms with Crippen molar-refractivity contribution in [2.75, 3.05) is 0 Å². The maximum Gasteiger partial charge on any atom is 0.0844 e. The van der Waals surface area contributed by atoms with Crippen molar-refractivity contribution in [2.45, 2.75) is 76.8 Å². The van der Waals surface area contributed by atoms with E-state index in [9.17, 15) is 0 Å². The van der Waals surface area contributed by atoms with Crippen LogP contribution >= 0.6 is 0 Å². The molecule has 2 heteroatoms. The minimum Gasteiger partial charge on any atom is -0.375 e. The Kier molecular flexibility index (Phi) is 2.21. The third-order valence-corrected chi connectivity index (χ3v) is 6.11. The van der Waals surface area contributed by atoms with Crippen molar-refractivity contribution < 1.29 is 9.47 Å². The van der Waals surface area contributed by atoms with Gasteiger partial charge in [-0.1, -0.05) is 13.8 Å². The number of fused-ring (bicyclic) bond motifs is 3. The topological polar surface area (TPSA) is 21.8 Å². The third-order valence-electron chi connectivity index (χ3n) is 6.11. The lowest BCUT2D eigenvalue weighted by atomic mass is 9.59. The fourth-order valence-corrected chi connectivity index (χ4v) is 4.61. The van der Waals surface area contributed by atoms with Crippen molar-refractivity contribution in [2.24, 2.45) is 17.3 Å². The first-order chi connectivity index (χ1) is 8.13. The molecule has 3 saturated heterocycles. The molecule has 96 valence electrons. The standard InChI is InChI=1S/C15H24O2/c1-15(2,9-3-4-13-14(7-9)17-13)10-5-11-8-12(6-10)16-11/h9-14H,3-8H2,1-2H3. The van der Waals surface area contributed by atoms with Gasteiger partial charge < -0.3 is 9.47 Å². The highest BCUT2D eigenvalue weighted by atomic mass is 16.6. The molecule has 0 aromatic carbocycles. The first-order valence-electron chi connectivity index (χ1n) is 7.44. The van der Waals surface area contributed by atoms with Crippen LogP contribution in [0.4, 0.5) is 0 Å². The minimum atomic E-state index is 0.498. The van der Waals surface area contributed by atoms with E-state index in [1.54, 1.807) is 0 Å². The monoisotopic (exact) mass is 236 g/mol. The summed E-state index contributed by atoms with van der Waals surface area (Å²) in [6, 6.07) is 0. The molecule has 0 N–H and O–H groups in total. The third kappa shape index (κ3) is 1.67. The summed E-state index contributed by atoms with van der Waals surface area (Å²) in [6.07, 6.45) is 10.5. The number of rotatable bonds is 2. The molecule has 3 heterocycles. The fourth-order valence-electron chi connectivity index (χ4n) is 4.61. The van der Waals surface area contributed by atoms with Crippen molar-refractivity contribution in [1.82, 2.24) is 0 Å². The molecular weight excluding hydrogens is 212 g/mol. The van der Waals surface area contributed by atoms with Gasteiger partial charge in [0.1, 0.15) is 0 Å². The van der Waals surface area contributed by atoms with E-state index < -0.39 is 0 Å². The smallest absolute Gasteiger partial charge is 0.0844 e. The Morgan fingerprint density at radius 2 is 1.47 bits per heavy atom. The van der Waals surface area contributed by atoms with Crippen LogP contribution in [0.3, 0.4) is 0 Å². The fraction of sp³-hybridized carbons (Fsp3) is 1.00. The first-order valence-corrected chi connectivity index (χ1v) is 7.44. The van der Waals surface area contributed by atoms with Gasteiger partial charge in [0.25, 0.3) is 0 Å². The predicted molar refractivity (Wildman–Crippen MR) is 65.8 cm³/mol. The molecule has 0 radical (unpaired) electrons. The van der Waals surface area contributed by atoms with Crippen molar-refractivity contribution in [3.8, 4) is 0 Å². The molecule has 5 atom stereocenters. The van der Waals surface area contributed by atoms with E-state index in [4.69, 9.17) is 9.47 Å². The summed E-state index contributed by atoms with van der Waals surface area (Å²) in [7, 11) is 0. The summed E-state index contributed by atoms with van der Waals surface area (Å²) in [6.45, 7) is 5.02. The Bertz CT molecular complexity index is 299. The molecule has 17 heavy (non-hydrogen) atoms. The van der Waals surface area contributed by atoms with Gasteiger partial charge in [-0.15, -0.1) is 0 Å². The Labute approximate surface area is 104 Å². The molecule has 0 aromatic rings. The van der Waals surface area contributed by atoms with Crippen LogP contribution in [0.25, 0.3) is 0 Å². The minimum absolute atomic E-state index is 0.498. The summed E-state index contributed by atoms with van der Waals surface area (Å²) in [5.74, 6) is 1.77. The van der Waals surface area contributed by atoms with E-state index in [0.717, 1.165) is 11.8 Å². The highest BCUT2D eigenvalue weighted by molar-refractivity contribution is 5.01. The summed E-state index contributed by atoms with van der Waals surface area (Å²) >= 11 is 0. The molecular formula is C15H24O2. The quantitative estimate of drug-likeness (QED) is 0.687. The predicted octanol–water partition coefficient (Wildman–Crippen LogP) is 3.15. The van der Waals surface area contributed by atoms with Crippen molar-refractivity contribution in [1.29, 1.82) is 0 Å². The summed E-state index contributed by atoms with van der Waals surface area (Å²) in [4.78, 5) is 0. The molecule has 2 bridgehead atoms. The molecule has 2 nitrogen and oxygen atoms in total. The van der Waals surface area contributed by atoms with E-state index in [1.807, 2.05) is 0 Å². The van der Waals surface area contributed by atoms with Crippen LogP contribution in [-0.4, -0.2) is 24.4 Å². The molecule has 2 aliphatic carbocycles. The maximum absolute atomic E-state index is 5.79. The number of hydrogen-bond acceptors (Lipinski definition) is 2. The van der Waals surface area contributed by atoms with Crippen molar-refractivity contribution in [3.05, 3.63) is 0 Å². The van der Waals surface area contributed by atoms with Gasteiger partial charge >= 0.3 is 0 Å². The zero-order valence-electron chi connectivity index (χ0n) is 11.0. The number of hydrogen-bond donors (Lipinski definition) is 0. The van der Waals surface area contributed by atoms with Crippen LogP contribution in [0.2, 0.25) is 0 Å². The first kappa shape index (κ1) is 10.8. The normalized spacial score (nSPS) is 52.6. The van der Waals surface area contributed by atoms with Gasteiger partial charge in [-0.2, -0.15) is 0 Å². The van der Waals surface area contributed by atoms with Gasteiger partial charge in [-0.05, 0) is 55.8 Å². The Hall–Kier alpha value is -0.0800. The van der Waals surface area contributed by atoms with Crippen LogP contribution in [-0.2, 0) is 9.47 Å². The van der Waals surface area contributed by atoms with Gasteiger partial charge in [0.2, 0.25) is 0 Å². The zero-order chi connectivity index (χ0) is 11.6. The average Bonchev–Trinajstić information content (AvgIpc) is 3.06. The van der Waals surface area contributed by atoms with Crippen LogP contribution < -0.4 is 0 Å². The van der Waals surface area contributed by atoms with Crippen LogP contribution in [0.5, 0.6) is 0 Å². The van der Waals surface area contributed by atoms with Crippen molar-refractivity contribution >= 4 is 0 Å². The van der Waals surface area contributed by atoms with Gasteiger partial charge in [0.15, 0.2) is 0 Å². The highest BCUT2D eigenvalue weighted by Crippen LogP contribution is 2.54. The maximum atomic E-state index is 5.79. The molecule has 5 aliphatic rings. The highest BCUT2D eigenvalue weighted by Gasteiger charge is 2.52. The number of ether oxygens (including phenoxy) is 2. The van der Waals surface area contributed by atoms with Gasteiger partial charge in [0.05, 0.1) is 24.4 Å². The second kappa shape index (κ2) is 3.48. The lowest BCUT2D eigenvalue weighted by Gasteiger charge is -2.52. The van der Waals surface area contributed by atoms with Crippen LogP contribution in [0, 0.1) is 17.3 Å². The van der Waals surface area contributed by atoms with Gasteiger partial charge in [-0.25, -0.2) is 0 Å². The zero-order valence-corrected chi connectivity index (χ0v) is 11.0. The molecule has 5 fully saturated rings. The SMILES string of the molecule is CC(C)(C1CC2CC(C1)O2)C1CCC2OC2C1. The van der Waals surface area contributed by atoms with Crippen molar-refractivity contribution in [3.63, 3.8) is 0 Å². The Morgan fingerprint density at radius 1 is 0.765 bits per heavy atom. The second-order valence-corrected chi connectivity index (χ2v) is 7.33. The van der Waals surface area contributed by atoms with Gasteiger partial charge in [0, 0.05) is 0 Å². The second-order valence-electron chi connectivity index (χ2n) is 7.33. The molecule has 0 amide bonds. The molecule has 2 saturated carbocycles. The molecule has 5 rings (SSSR count). The van der Waals surface area contributed by atoms with Crippen LogP contribution in [0.15, 0.2) is 0 Å². The summed E-state index contributed by atoms with van der Waals surface area (Å²) in [5.41, 5.74) is 0.498. The van der Waals surface area contributed by atoms with Gasteiger partial charge in [-0.3, -0.25) is 0 Å².